The smallest absolute Gasteiger partial charge is 0.303 e. The molecule has 26 heavy (non-hydrogen) atoms. The molecule has 0 aromatic rings. The lowest BCUT2D eigenvalue weighted by Gasteiger charge is -2.60. The zero-order valence-corrected chi connectivity index (χ0v) is 17.1. The van der Waals surface area contributed by atoms with Gasteiger partial charge >= 0.3 is 5.97 Å². The largest absolute Gasteiger partial charge is 0.481 e. The lowest BCUT2D eigenvalue weighted by Crippen LogP contribution is -2.52. The van der Waals surface area contributed by atoms with Crippen LogP contribution in [0.2, 0.25) is 0 Å². The van der Waals surface area contributed by atoms with Gasteiger partial charge in [0.05, 0.1) is 0 Å². The Morgan fingerprint density at radius 1 is 1.00 bits per heavy atom. The predicted molar refractivity (Wildman–Crippen MR) is 106 cm³/mol. The molecule has 0 spiro atoms. The summed E-state index contributed by atoms with van der Waals surface area (Å²) in [6, 6.07) is 0. The van der Waals surface area contributed by atoms with Crippen LogP contribution in [0.4, 0.5) is 0 Å². The van der Waals surface area contributed by atoms with Crippen molar-refractivity contribution in [3.63, 3.8) is 0 Å². The number of hydrogen-bond donors (Lipinski definition) is 1. The van der Waals surface area contributed by atoms with Gasteiger partial charge in [-0.1, -0.05) is 33.1 Å². The molecule has 4 fully saturated rings. The normalized spacial score (nSPS) is 46.1. The average molecular weight is 361 g/mol. The van der Waals surface area contributed by atoms with Gasteiger partial charge in [0, 0.05) is 6.42 Å². The molecule has 4 aliphatic rings. The molecule has 0 bridgehead atoms. The Morgan fingerprint density at radius 3 is 2.65 bits per heavy atom. The van der Waals surface area contributed by atoms with Crippen molar-refractivity contribution in [2.24, 2.45) is 40.4 Å². The molecular weight excluding hydrogens is 320 g/mol. The van der Waals surface area contributed by atoms with Crippen LogP contribution in [0.5, 0.6) is 0 Å². The van der Waals surface area contributed by atoms with Crippen LogP contribution in [-0.4, -0.2) is 11.1 Å². The summed E-state index contributed by atoms with van der Waals surface area (Å²) < 4.78 is 0. The summed E-state index contributed by atoms with van der Waals surface area (Å²) in [5.74, 6) is 3.90. The highest BCUT2D eigenvalue weighted by atomic mass is 16.4. The summed E-state index contributed by atoms with van der Waals surface area (Å²) in [6.45, 7) is 4.99. The maximum absolute atomic E-state index is 11.0. The van der Waals surface area contributed by atoms with Crippen LogP contribution in [0.25, 0.3) is 0 Å². The Balaban J connectivity index is 1.49. The maximum atomic E-state index is 11.0. The lowest BCUT2D eigenvalue weighted by atomic mass is 9.44. The third-order valence-corrected chi connectivity index (χ3v) is 9.72. The summed E-state index contributed by atoms with van der Waals surface area (Å²) in [5, 5.41) is 9.05. The quantitative estimate of drug-likeness (QED) is 0.593. The molecule has 7 atom stereocenters. The molecule has 0 amide bonds. The van der Waals surface area contributed by atoms with Crippen molar-refractivity contribution in [1.29, 1.82) is 0 Å². The van der Waals surface area contributed by atoms with Crippen LogP contribution in [-0.2, 0) is 4.79 Å². The zero-order chi connectivity index (χ0) is 18.4. The highest BCUT2D eigenvalue weighted by molar-refractivity contribution is 5.66. The molecular formula is C24H40O2. The number of aliphatic carboxylic acids is 1. The van der Waals surface area contributed by atoms with Gasteiger partial charge in [-0.2, -0.15) is 0 Å². The molecule has 0 saturated heterocycles. The molecule has 0 aliphatic heterocycles. The van der Waals surface area contributed by atoms with Crippen molar-refractivity contribution in [2.45, 2.75) is 104 Å². The van der Waals surface area contributed by atoms with Crippen molar-refractivity contribution in [2.75, 3.05) is 0 Å². The van der Waals surface area contributed by atoms with Crippen LogP contribution in [0, 0.1) is 40.4 Å². The van der Waals surface area contributed by atoms with Crippen LogP contribution >= 0.6 is 0 Å². The second-order valence-corrected chi connectivity index (χ2v) is 10.9. The highest BCUT2D eigenvalue weighted by Gasteiger charge is 2.58. The Labute approximate surface area is 160 Å². The van der Waals surface area contributed by atoms with E-state index in [0.29, 0.717) is 23.2 Å². The summed E-state index contributed by atoms with van der Waals surface area (Å²) in [6.07, 6.45) is 18.7. The standard InChI is InChI=1S/C24H40O2/c1-17(8-11-22(25)26)16-24-14-5-7-21(24)19-10-9-18-6-3-4-13-23(18,2)20(19)12-15-24/h17-21H,3-16H2,1-2H3,(H,25,26). The minimum Gasteiger partial charge on any atom is -0.481 e. The molecule has 0 aromatic carbocycles. The molecule has 0 heterocycles. The number of rotatable bonds is 5. The molecule has 7 unspecified atom stereocenters. The number of carboxylic acid groups (broad SMARTS) is 1. The lowest BCUT2D eigenvalue weighted by molar-refractivity contribution is -0.137. The number of fused-ring (bicyclic) bond motifs is 5. The number of carbonyl (C=O) groups is 1. The zero-order valence-electron chi connectivity index (χ0n) is 17.1. The van der Waals surface area contributed by atoms with Crippen molar-refractivity contribution in [3.8, 4) is 0 Å². The van der Waals surface area contributed by atoms with E-state index < -0.39 is 5.97 Å². The maximum Gasteiger partial charge on any atom is 0.303 e. The summed E-state index contributed by atoms with van der Waals surface area (Å²) in [5.41, 5.74) is 1.21. The van der Waals surface area contributed by atoms with Gasteiger partial charge in [-0.3, -0.25) is 4.79 Å². The first-order valence-corrected chi connectivity index (χ1v) is 11.7. The van der Waals surface area contributed by atoms with Crippen LogP contribution in [0.15, 0.2) is 0 Å². The fraction of sp³-hybridized carbons (Fsp3) is 0.958. The average Bonchev–Trinajstić information content (AvgIpc) is 3.03. The van der Waals surface area contributed by atoms with E-state index in [1.54, 1.807) is 0 Å². The monoisotopic (exact) mass is 360 g/mol. The molecule has 2 heteroatoms. The molecule has 4 saturated carbocycles. The van der Waals surface area contributed by atoms with Gasteiger partial charge in [0.15, 0.2) is 0 Å². The summed E-state index contributed by atoms with van der Waals surface area (Å²) in [4.78, 5) is 11.0. The predicted octanol–water partition coefficient (Wildman–Crippen LogP) is 6.68. The first kappa shape index (κ1) is 18.8. The SMILES string of the molecule is CC(CCC(=O)O)CC12CCCC1C1CCC3CCCCC3(C)C1CC2. The van der Waals surface area contributed by atoms with E-state index in [-0.39, 0.29) is 0 Å². The second-order valence-electron chi connectivity index (χ2n) is 10.9. The molecule has 2 nitrogen and oxygen atoms in total. The van der Waals surface area contributed by atoms with E-state index in [1.165, 1.54) is 77.0 Å². The molecule has 1 N–H and O–H groups in total. The van der Waals surface area contributed by atoms with Gasteiger partial charge in [0.1, 0.15) is 0 Å². The van der Waals surface area contributed by atoms with E-state index in [9.17, 15) is 4.79 Å². The van der Waals surface area contributed by atoms with E-state index in [2.05, 4.69) is 13.8 Å². The van der Waals surface area contributed by atoms with Gasteiger partial charge in [0.2, 0.25) is 0 Å². The summed E-state index contributed by atoms with van der Waals surface area (Å²) >= 11 is 0. The van der Waals surface area contributed by atoms with Crippen molar-refractivity contribution in [1.82, 2.24) is 0 Å². The highest BCUT2D eigenvalue weighted by Crippen LogP contribution is 2.67. The Bertz CT molecular complexity index is 528. The second kappa shape index (κ2) is 7.13. The van der Waals surface area contributed by atoms with Crippen molar-refractivity contribution >= 4 is 5.97 Å². The van der Waals surface area contributed by atoms with Crippen molar-refractivity contribution < 1.29 is 9.90 Å². The molecule has 148 valence electrons. The van der Waals surface area contributed by atoms with Gasteiger partial charge in [-0.25, -0.2) is 0 Å². The number of hydrogen-bond acceptors (Lipinski definition) is 1. The van der Waals surface area contributed by atoms with E-state index in [1.807, 2.05) is 0 Å². The number of carboxylic acids is 1. The van der Waals surface area contributed by atoms with Crippen molar-refractivity contribution in [3.05, 3.63) is 0 Å². The van der Waals surface area contributed by atoms with Crippen LogP contribution in [0.3, 0.4) is 0 Å². The molecule has 4 aliphatic carbocycles. The third kappa shape index (κ3) is 3.14. The fourth-order valence-electron chi connectivity index (χ4n) is 8.61. The Morgan fingerprint density at radius 2 is 1.85 bits per heavy atom. The molecule has 0 radical (unpaired) electrons. The molecule has 0 aromatic heterocycles. The van der Waals surface area contributed by atoms with Gasteiger partial charge < -0.3 is 5.11 Å². The van der Waals surface area contributed by atoms with E-state index in [0.717, 1.165) is 30.1 Å². The van der Waals surface area contributed by atoms with Crippen LogP contribution in [0.1, 0.15) is 104 Å². The topological polar surface area (TPSA) is 37.3 Å². The minimum atomic E-state index is -0.621. The minimum absolute atomic E-state index is 0.355. The van der Waals surface area contributed by atoms with E-state index in [4.69, 9.17) is 5.11 Å². The van der Waals surface area contributed by atoms with Gasteiger partial charge in [-0.15, -0.1) is 0 Å². The Kier molecular flexibility index (Phi) is 5.16. The third-order valence-electron chi connectivity index (χ3n) is 9.72. The van der Waals surface area contributed by atoms with Gasteiger partial charge in [0.25, 0.3) is 0 Å². The van der Waals surface area contributed by atoms with Gasteiger partial charge in [-0.05, 0) is 105 Å². The fourth-order valence-corrected chi connectivity index (χ4v) is 8.61. The van der Waals surface area contributed by atoms with Crippen LogP contribution < -0.4 is 0 Å². The first-order valence-electron chi connectivity index (χ1n) is 11.7. The molecule has 4 rings (SSSR count). The summed E-state index contributed by atoms with van der Waals surface area (Å²) in [7, 11) is 0. The first-order chi connectivity index (χ1) is 12.4. The Hall–Kier alpha value is -0.530. The van der Waals surface area contributed by atoms with E-state index >= 15 is 0 Å².